The Hall–Kier alpha value is -2.93. The molecule has 3 aromatic rings. The molecule has 0 spiro atoms. The number of hydrogen-bond acceptors (Lipinski definition) is 4. The highest BCUT2D eigenvalue weighted by Crippen LogP contribution is 2.35. The zero-order chi connectivity index (χ0) is 22.4. The lowest BCUT2D eigenvalue weighted by molar-refractivity contribution is 0.102. The van der Waals surface area contributed by atoms with Crippen molar-refractivity contribution in [2.45, 2.75) is 58.0 Å². The second kappa shape index (κ2) is 8.45. The molecule has 6 rings (SSSR count). The molecule has 33 heavy (non-hydrogen) atoms. The highest BCUT2D eigenvalue weighted by molar-refractivity contribution is 6.00. The molecule has 2 fully saturated rings. The zero-order valence-corrected chi connectivity index (χ0v) is 19.3. The molecule has 4 heterocycles. The average Bonchev–Trinajstić information content (AvgIpc) is 3.47. The summed E-state index contributed by atoms with van der Waals surface area (Å²) in [4.78, 5) is 22.1. The number of rotatable bonds is 4. The number of pyridine rings is 1. The first-order chi connectivity index (χ1) is 16.1. The minimum atomic E-state index is 0.0269. The average molecular weight is 445 g/mol. The number of amides is 2. The van der Waals surface area contributed by atoms with Crippen molar-refractivity contribution in [1.29, 1.82) is 0 Å². The predicted molar refractivity (Wildman–Crippen MR) is 130 cm³/mol. The molecule has 0 radical (unpaired) electrons. The first-order valence-corrected chi connectivity index (χ1v) is 12.4. The number of benzene rings is 1. The van der Waals surface area contributed by atoms with Crippen molar-refractivity contribution in [3.05, 3.63) is 41.7 Å². The Labute approximate surface area is 194 Å². The summed E-state index contributed by atoms with van der Waals surface area (Å²) < 4.78 is 0. The van der Waals surface area contributed by atoms with E-state index in [2.05, 4.69) is 42.4 Å². The number of piperidine rings is 1. The van der Waals surface area contributed by atoms with Gasteiger partial charge in [0.15, 0.2) is 0 Å². The Balaban J connectivity index is 1.25. The number of H-pyrrole nitrogens is 1. The summed E-state index contributed by atoms with van der Waals surface area (Å²) in [5.74, 6) is 0.851. The van der Waals surface area contributed by atoms with Crippen molar-refractivity contribution < 1.29 is 4.79 Å². The van der Waals surface area contributed by atoms with Gasteiger partial charge < -0.3 is 15.1 Å². The number of carbonyl (C=O) groups excluding carboxylic acids is 1. The van der Waals surface area contributed by atoms with Gasteiger partial charge in [-0.1, -0.05) is 12.8 Å². The quantitative estimate of drug-likeness (QED) is 0.598. The van der Waals surface area contributed by atoms with E-state index < -0.39 is 0 Å². The summed E-state index contributed by atoms with van der Waals surface area (Å²) in [6.07, 6.45) is 9.59. The summed E-state index contributed by atoms with van der Waals surface area (Å²) in [6.45, 7) is 6.01. The highest BCUT2D eigenvalue weighted by atomic mass is 16.2. The van der Waals surface area contributed by atoms with Crippen LogP contribution in [0.2, 0.25) is 0 Å². The standard InChI is InChI=1S/C26H32N6O/c1-17-11-19(8-9-27-17)25-22-12-20-15-32(26(33)28-23(20)13-24(22)29-30-25)21-7-4-10-31(16-21)14-18-5-2-3-6-18/h8-9,11-13,18,21H,2-7,10,14-16H2,1H3,(H,28,33)(H,29,30)/t21-/m1/s1. The predicted octanol–water partition coefficient (Wildman–Crippen LogP) is 4.94. The van der Waals surface area contributed by atoms with Crippen LogP contribution >= 0.6 is 0 Å². The fraction of sp³-hybridized carbons (Fsp3) is 0.500. The number of likely N-dealkylation sites (tertiary alicyclic amines) is 1. The number of nitrogens with one attached hydrogen (secondary N) is 2. The van der Waals surface area contributed by atoms with Crippen LogP contribution in [0.15, 0.2) is 30.5 Å². The Bertz CT molecular complexity index is 1180. The molecule has 0 unspecified atom stereocenters. The molecule has 0 bridgehead atoms. The maximum atomic E-state index is 13.1. The molecule has 7 nitrogen and oxygen atoms in total. The third kappa shape index (κ3) is 3.99. The van der Waals surface area contributed by atoms with Gasteiger partial charge in [0, 0.05) is 54.2 Å². The number of fused-ring (bicyclic) bond motifs is 2. The van der Waals surface area contributed by atoms with Gasteiger partial charge in [0.1, 0.15) is 5.69 Å². The number of aromatic amines is 1. The summed E-state index contributed by atoms with van der Waals surface area (Å²) in [5.41, 5.74) is 5.95. The van der Waals surface area contributed by atoms with Crippen LogP contribution in [0.3, 0.4) is 0 Å². The van der Waals surface area contributed by atoms with E-state index in [1.54, 1.807) is 0 Å². The smallest absolute Gasteiger partial charge is 0.316 e. The monoisotopic (exact) mass is 444 g/mol. The van der Waals surface area contributed by atoms with Crippen LogP contribution in [0, 0.1) is 12.8 Å². The Kier molecular flexibility index (Phi) is 5.29. The van der Waals surface area contributed by atoms with E-state index in [1.165, 1.54) is 45.2 Å². The van der Waals surface area contributed by atoms with Crippen molar-refractivity contribution in [2.24, 2.45) is 5.92 Å². The van der Waals surface area contributed by atoms with Gasteiger partial charge in [-0.15, -0.1) is 0 Å². The molecule has 1 saturated heterocycles. The molecule has 1 saturated carbocycles. The van der Waals surface area contributed by atoms with Gasteiger partial charge in [0.2, 0.25) is 0 Å². The molecule has 2 aromatic heterocycles. The molecule has 2 N–H and O–H groups in total. The van der Waals surface area contributed by atoms with Crippen molar-refractivity contribution >= 4 is 22.6 Å². The molecule has 2 aliphatic heterocycles. The minimum absolute atomic E-state index is 0.0269. The van der Waals surface area contributed by atoms with E-state index in [-0.39, 0.29) is 12.1 Å². The van der Waals surface area contributed by atoms with E-state index in [0.29, 0.717) is 6.54 Å². The summed E-state index contributed by atoms with van der Waals surface area (Å²) >= 11 is 0. The van der Waals surface area contributed by atoms with Crippen LogP contribution in [-0.2, 0) is 6.54 Å². The Morgan fingerprint density at radius 2 is 2.00 bits per heavy atom. The van der Waals surface area contributed by atoms with E-state index in [9.17, 15) is 4.79 Å². The summed E-state index contributed by atoms with van der Waals surface area (Å²) in [5, 5.41) is 12.0. The topological polar surface area (TPSA) is 77.2 Å². The minimum Gasteiger partial charge on any atom is -0.316 e. The van der Waals surface area contributed by atoms with Crippen LogP contribution in [-0.4, -0.2) is 56.7 Å². The molecule has 1 atom stereocenters. The lowest BCUT2D eigenvalue weighted by Gasteiger charge is -2.42. The maximum Gasteiger partial charge on any atom is 0.322 e. The lowest BCUT2D eigenvalue weighted by atomic mass is 9.98. The van der Waals surface area contributed by atoms with Crippen molar-refractivity contribution in [3.63, 3.8) is 0 Å². The zero-order valence-electron chi connectivity index (χ0n) is 19.3. The largest absolute Gasteiger partial charge is 0.322 e. The fourth-order valence-corrected chi connectivity index (χ4v) is 6.02. The fourth-order valence-electron chi connectivity index (χ4n) is 6.02. The van der Waals surface area contributed by atoms with Crippen LogP contribution in [0.4, 0.5) is 10.5 Å². The molecule has 1 aliphatic carbocycles. The number of anilines is 1. The van der Waals surface area contributed by atoms with Crippen molar-refractivity contribution in [1.82, 2.24) is 25.0 Å². The number of carbonyl (C=O) groups is 1. The molecule has 3 aliphatic rings. The van der Waals surface area contributed by atoms with Gasteiger partial charge in [-0.3, -0.25) is 10.1 Å². The molecule has 172 valence electrons. The van der Waals surface area contributed by atoms with Gasteiger partial charge in [-0.05, 0) is 74.9 Å². The second-order valence-corrected chi connectivity index (χ2v) is 10.1. The van der Waals surface area contributed by atoms with Crippen LogP contribution < -0.4 is 5.32 Å². The highest BCUT2D eigenvalue weighted by Gasteiger charge is 2.33. The van der Waals surface area contributed by atoms with Crippen LogP contribution in [0.5, 0.6) is 0 Å². The van der Waals surface area contributed by atoms with Crippen molar-refractivity contribution in [2.75, 3.05) is 25.0 Å². The SMILES string of the molecule is Cc1cc(-c2n[nH]c3cc4c(cc23)CN([C@@H]2CCCN(CC3CCCC3)C2)C(=O)N4)ccn1. The van der Waals surface area contributed by atoms with E-state index in [0.717, 1.165) is 58.0 Å². The van der Waals surface area contributed by atoms with Gasteiger partial charge in [-0.2, -0.15) is 5.10 Å². The number of hydrogen-bond donors (Lipinski definition) is 2. The Morgan fingerprint density at radius 3 is 2.85 bits per heavy atom. The third-order valence-electron chi connectivity index (χ3n) is 7.71. The molecular formula is C26H32N6O. The second-order valence-electron chi connectivity index (χ2n) is 10.1. The van der Waals surface area contributed by atoms with Gasteiger partial charge in [0.05, 0.1) is 5.52 Å². The van der Waals surface area contributed by atoms with E-state index >= 15 is 0 Å². The van der Waals surface area contributed by atoms with Gasteiger partial charge >= 0.3 is 6.03 Å². The van der Waals surface area contributed by atoms with Crippen LogP contribution in [0.1, 0.15) is 49.8 Å². The molecular weight excluding hydrogens is 412 g/mol. The number of urea groups is 1. The van der Waals surface area contributed by atoms with Crippen molar-refractivity contribution in [3.8, 4) is 11.3 Å². The molecule has 7 heteroatoms. The van der Waals surface area contributed by atoms with E-state index in [4.69, 9.17) is 0 Å². The first-order valence-electron chi connectivity index (χ1n) is 12.4. The maximum absolute atomic E-state index is 13.1. The number of aryl methyl sites for hydroxylation is 1. The van der Waals surface area contributed by atoms with Gasteiger partial charge in [-0.25, -0.2) is 4.79 Å². The normalized spacial score (nSPS) is 22.0. The van der Waals surface area contributed by atoms with Crippen LogP contribution in [0.25, 0.3) is 22.2 Å². The van der Waals surface area contributed by atoms with Gasteiger partial charge in [0.25, 0.3) is 0 Å². The van der Waals surface area contributed by atoms with E-state index in [1.807, 2.05) is 25.3 Å². The first kappa shape index (κ1) is 20.7. The summed E-state index contributed by atoms with van der Waals surface area (Å²) in [6, 6.07) is 8.58. The third-order valence-corrected chi connectivity index (χ3v) is 7.71. The lowest BCUT2D eigenvalue weighted by Crippen LogP contribution is -2.53. The Morgan fingerprint density at radius 1 is 1.12 bits per heavy atom. The summed E-state index contributed by atoms with van der Waals surface area (Å²) in [7, 11) is 0. The number of aromatic nitrogens is 3. The molecule has 1 aromatic carbocycles. The number of nitrogens with zero attached hydrogens (tertiary/aromatic N) is 4. The molecule has 2 amide bonds.